The van der Waals surface area contributed by atoms with E-state index in [-0.39, 0.29) is 22.7 Å². The zero-order valence-electron chi connectivity index (χ0n) is 19.6. The number of sulfone groups is 1. The van der Waals surface area contributed by atoms with Crippen LogP contribution in [0, 0.1) is 0 Å². The molecule has 0 amide bonds. The topological polar surface area (TPSA) is 127 Å². The third kappa shape index (κ3) is 5.69. The average molecular weight is 531 g/mol. The Bertz CT molecular complexity index is 1410. The molecule has 0 spiro atoms. The maximum Gasteiger partial charge on any atom is 0.304 e. The highest BCUT2D eigenvalue weighted by Gasteiger charge is 2.25. The Hall–Kier alpha value is -3.02. The lowest BCUT2D eigenvalue weighted by Gasteiger charge is -2.24. The molecular weight excluding hydrogens is 504 g/mol. The van der Waals surface area contributed by atoms with E-state index in [4.69, 9.17) is 19.3 Å². The fourth-order valence-electron chi connectivity index (χ4n) is 4.18. The molecule has 190 valence electrons. The molecule has 2 N–H and O–H groups in total. The molecule has 11 heteroatoms. The van der Waals surface area contributed by atoms with Gasteiger partial charge in [0.05, 0.1) is 42.3 Å². The van der Waals surface area contributed by atoms with Crippen molar-refractivity contribution in [1.82, 2.24) is 4.98 Å². The first-order chi connectivity index (χ1) is 17.2. The summed E-state index contributed by atoms with van der Waals surface area (Å²) in [4.78, 5) is 19.3. The molecule has 1 saturated heterocycles. The second kappa shape index (κ2) is 10.2. The molecule has 5 rings (SSSR count). The molecule has 36 heavy (non-hydrogen) atoms. The molecule has 0 saturated carbocycles. The number of H-pyrrole nitrogens is 1. The molecule has 0 aliphatic carbocycles. The smallest absolute Gasteiger partial charge is 0.304 e. The molecule has 2 aliphatic heterocycles. The molecule has 0 bridgehead atoms. The van der Waals surface area contributed by atoms with E-state index in [1.807, 2.05) is 18.2 Å². The molecule has 3 heterocycles. The zero-order chi connectivity index (χ0) is 25.3. The van der Waals surface area contributed by atoms with E-state index in [1.165, 1.54) is 23.9 Å². The Morgan fingerprint density at radius 3 is 2.61 bits per heavy atom. The highest BCUT2D eigenvalue weighted by molar-refractivity contribution is 8.15. The van der Waals surface area contributed by atoms with Crippen LogP contribution in [0.2, 0.25) is 0 Å². The number of carboxylic acid groups (broad SMARTS) is 1. The highest BCUT2D eigenvalue weighted by Crippen LogP contribution is 2.37. The van der Waals surface area contributed by atoms with E-state index in [0.29, 0.717) is 37.0 Å². The molecule has 1 unspecified atom stereocenters. The van der Waals surface area contributed by atoms with Gasteiger partial charge < -0.3 is 24.3 Å². The van der Waals surface area contributed by atoms with Crippen molar-refractivity contribution < 1.29 is 32.5 Å². The van der Waals surface area contributed by atoms with Gasteiger partial charge in [-0.1, -0.05) is 11.8 Å². The SMILES string of the molecule is CS(=O)(=O)c1ccc(Oc2cc(OC3CCOCC3)c3[nH]c(C4=NCC(CC(=O)O)S4)cc3c2)cc1. The van der Waals surface area contributed by atoms with Crippen LogP contribution >= 0.6 is 11.8 Å². The number of rotatable bonds is 8. The minimum Gasteiger partial charge on any atom is -0.488 e. The first kappa shape index (κ1) is 24.7. The number of aliphatic carboxylic acids is 1. The molecular formula is C25H26N2O7S2. The number of hydrogen-bond acceptors (Lipinski definition) is 8. The summed E-state index contributed by atoms with van der Waals surface area (Å²) in [7, 11) is -3.30. The van der Waals surface area contributed by atoms with Crippen molar-refractivity contribution in [1.29, 1.82) is 0 Å². The van der Waals surface area contributed by atoms with Crippen molar-refractivity contribution in [2.75, 3.05) is 26.0 Å². The first-order valence-corrected chi connectivity index (χ1v) is 14.3. The largest absolute Gasteiger partial charge is 0.488 e. The number of ether oxygens (including phenoxy) is 3. The number of hydrogen-bond donors (Lipinski definition) is 2. The van der Waals surface area contributed by atoms with Gasteiger partial charge in [0, 0.05) is 35.8 Å². The van der Waals surface area contributed by atoms with Gasteiger partial charge in [-0.2, -0.15) is 0 Å². The van der Waals surface area contributed by atoms with E-state index in [2.05, 4.69) is 9.98 Å². The van der Waals surface area contributed by atoms with Gasteiger partial charge in [0.25, 0.3) is 0 Å². The average Bonchev–Trinajstić information content (AvgIpc) is 3.46. The van der Waals surface area contributed by atoms with Gasteiger partial charge in [-0.15, -0.1) is 0 Å². The molecule has 3 aromatic rings. The number of benzene rings is 2. The lowest BCUT2D eigenvalue weighted by atomic mass is 10.1. The number of nitrogens with one attached hydrogen (secondary N) is 1. The third-order valence-corrected chi connectivity index (χ3v) is 8.31. The normalized spacial score (nSPS) is 18.8. The second-order valence-electron chi connectivity index (χ2n) is 8.83. The van der Waals surface area contributed by atoms with Crippen molar-refractivity contribution in [2.24, 2.45) is 4.99 Å². The number of thioether (sulfide) groups is 1. The van der Waals surface area contributed by atoms with Gasteiger partial charge in [0.1, 0.15) is 28.4 Å². The molecule has 1 atom stereocenters. The maximum atomic E-state index is 11.8. The van der Waals surface area contributed by atoms with Crippen LogP contribution in [0.25, 0.3) is 10.9 Å². The maximum absolute atomic E-state index is 11.8. The number of carboxylic acids is 1. The molecule has 2 aliphatic rings. The lowest BCUT2D eigenvalue weighted by Crippen LogP contribution is -2.25. The van der Waals surface area contributed by atoms with Gasteiger partial charge in [0.2, 0.25) is 0 Å². The first-order valence-electron chi connectivity index (χ1n) is 11.6. The van der Waals surface area contributed by atoms with Crippen molar-refractivity contribution in [2.45, 2.75) is 35.5 Å². The van der Waals surface area contributed by atoms with E-state index in [0.717, 1.165) is 40.7 Å². The van der Waals surface area contributed by atoms with Crippen LogP contribution in [0.15, 0.2) is 52.4 Å². The highest BCUT2D eigenvalue weighted by atomic mass is 32.2. The van der Waals surface area contributed by atoms with Crippen LogP contribution in [-0.2, 0) is 19.4 Å². The number of aromatic amines is 1. The van der Waals surface area contributed by atoms with Crippen LogP contribution in [0.3, 0.4) is 0 Å². The fraction of sp³-hybridized carbons (Fsp3) is 0.360. The van der Waals surface area contributed by atoms with Crippen LogP contribution in [-0.4, -0.2) is 66.9 Å². The summed E-state index contributed by atoms with van der Waals surface area (Å²) in [6.45, 7) is 1.75. The van der Waals surface area contributed by atoms with Crippen LogP contribution in [0.4, 0.5) is 0 Å². The summed E-state index contributed by atoms with van der Waals surface area (Å²) in [6.07, 6.45) is 2.80. The Labute approximate surface area is 212 Å². The zero-order valence-corrected chi connectivity index (χ0v) is 21.2. The standard InChI is InChI=1S/C25H26N2O7S2/c1-36(30,31)20-4-2-16(3-5-20)33-18-10-15-11-21(25-26-14-19(35-25)13-23(28)29)27-24(15)22(12-18)34-17-6-8-32-9-7-17/h2-5,10-12,17,19,27H,6-9,13-14H2,1H3,(H,28,29). The van der Waals surface area contributed by atoms with Gasteiger partial charge in [0.15, 0.2) is 9.84 Å². The monoisotopic (exact) mass is 530 g/mol. The number of aromatic nitrogens is 1. The Morgan fingerprint density at radius 2 is 1.92 bits per heavy atom. The Morgan fingerprint density at radius 1 is 1.17 bits per heavy atom. The molecule has 2 aromatic carbocycles. The number of aliphatic imine (C=N–C) groups is 1. The lowest BCUT2D eigenvalue weighted by molar-refractivity contribution is -0.136. The predicted octanol–water partition coefficient (Wildman–Crippen LogP) is 4.26. The fourth-order valence-corrected chi connectivity index (χ4v) is 5.89. The van der Waals surface area contributed by atoms with Crippen LogP contribution in [0.5, 0.6) is 17.2 Å². The van der Waals surface area contributed by atoms with Crippen molar-refractivity contribution in [3.63, 3.8) is 0 Å². The van der Waals surface area contributed by atoms with Gasteiger partial charge in [-0.3, -0.25) is 9.79 Å². The second-order valence-corrected chi connectivity index (χ2v) is 12.1. The van der Waals surface area contributed by atoms with Crippen LogP contribution < -0.4 is 9.47 Å². The van der Waals surface area contributed by atoms with E-state index in [1.54, 1.807) is 12.1 Å². The van der Waals surface area contributed by atoms with Gasteiger partial charge in [-0.05, 0) is 36.4 Å². The quantitative estimate of drug-likeness (QED) is 0.442. The summed E-state index contributed by atoms with van der Waals surface area (Å²) in [5, 5.41) is 10.6. The van der Waals surface area contributed by atoms with E-state index in [9.17, 15) is 13.2 Å². The van der Waals surface area contributed by atoms with Crippen LogP contribution in [0.1, 0.15) is 25.0 Å². The van der Waals surface area contributed by atoms with Crippen molar-refractivity contribution >= 4 is 43.5 Å². The summed E-state index contributed by atoms with van der Waals surface area (Å²) in [6, 6.07) is 11.9. The molecule has 9 nitrogen and oxygen atoms in total. The minimum absolute atomic E-state index is 0.0103. The number of nitrogens with zero attached hydrogens (tertiary/aromatic N) is 1. The van der Waals surface area contributed by atoms with E-state index >= 15 is 0 Å². The van der Waals surface area contributed by atoms with Gasteiger partial charge >= 0.3 is 5.97 Å². The molecule has 1 aromatic heterocycles. The molecule has 1 fully saturated rings. The Kier molecular flexibility index (Phi) is 6.96. The van der Waals surface area contributed by atoms with Crippen molar-refractivity contribution in [3.05, 3.63) is 48.2 Å². The summed E-state index contributed by atoms with van der Waals surface area (Å²) >= 11 is 1.46. The molecule has 0 radical (unpaired) electrons. The summed E-state index contributed by atoms with van der Waals surface area (Å²) in [5.74, 6) is 0.854. The van der Waals surface area contributed by atoms with E-state index < -0.39 is 15.8 Å². The third-order valence-electron chi connectivity index (χ3n) is 5.96. The van der Waals surface area contributed by atoms with Gasteiger partial charge in [-0.25, -0.2) is 8.42 Å². The predicted molar refractivity (Wildman–Crippen MR) is 137 cm³/mol. The minimum atomic E-state index is -3.30. The Balaban J connectivity index is 1.45. The summed E-state index contributed by atoms with van der Waals surface area (Å²) in [5.41, 5.74) is 1.61. The summed E-state index contributed by atoms with van der Waals surface area (Å²) < 4.78 is 41.4. The van der Waals surface area contributed by atoms with Crippen molar-refractivity contribution in [3.8, 4) is 17.2 Å². The number of carbonyl (C=O) groups is 1. The number of fused-ring (bicyclic) bond motifs is 1.